The van der Waals surface area contributed by atoms with Crippen molar-refractivity contribution in [3.63, 3.8) is 0 Å². The van der Waals surface area contributed by atoms with Gasteiger partial charge in [-0.15, -0.1) is 6.58 Å². The maximum absolute atomic E-state index is 11.6. The van der Waals surface area contributed by atoms with E-state index in [-0.39, 0.29) is 49.0 Å². The monoisotopic (exact) mass is 352 g/mol. The predicted octanol–water partition coefficient (Wildman–Crippen LogP) is 2.49. The van der Waals surface area contributed by atoms with Crippen molar-refractivity contribution < 1.29 is 28.5 Å². The second-order valence-electron chi connectivity index (χ2n) is 7.59. The van der Waals surface area contributed by atoms with Crippen LogP contribution in [-0.2, 0) is 28.5 Å². The summed E-state index contributed by atoms with van der Waals surface area (Å²) in [6, 6.07) is 0. The Kier molecular flexibility index (Phi) is 4.88. The van der Waals surface area contributed by atoms with Crippen LogP contribution >= 0.6 is 0 Å². The van der Waals surface area contributed by atoms with Crippen molar-refractivity contribution in [3.8, 4) is 0 Å². The van der Waals surface area contributed by atoms with E-state index in [9.17, 15) is 4.79 Å². The minimum Gasteiger partial charge on any atom is -0.469 e. The lowest BCUT2D eigenvalue weighted by atomic mass is 9.89. The molecular formula is C19H28O6. The van der Waals surface area contributed by atoms with Crippen LogP contribution in [0.4, 0.5) is 0 Å². The molecule has 4 rings (SSSR count). The highest BCUT2D eigenvalue weighted by atomic mass is 16.8. The fourth-order valence-electron chi connectivity index (χ4n) is 4.71. The number of fused-ring (bicyclic) bond motifs is 3. The summed E-state index contributed by atoms with van der Waals surface area (Å²) in [5, 5.41) is 0. The first-order chi connectivity index (χ1) is 12.1. The van der Waals surface area contributed by atoms with Crippen molar-refractivity contribution in [1.29, 1.82) is 0 Å². The van der Waals surface area contributed by atoms with E-state index >= 15 is 0 Å². The van der Waals surface area contributed by atoms with Gasteiger partial charge >= 0.3 is 5.97 Å². The summed E-state index contributed by atoms with van der Waals surface area (Å²) in [4.78, 5) is 11.6. The Bertz CT molecular complexity index is 514. The first kappa shape index (κ1) is 17.5. The number of ether oxygens (including phenoxy) is 5. The molecule has 1 aliphatic carbocycles. The van der Waals surface area contributed by atoms with Crippen molar-refractivity contribution in [3.05, 3.63) is 12.7 Å². The number of carbonyl (C=O) groups excluding carboxylic acids is 1. The molecule has 0 amide bonds. The molecule has 6 heteroatoms. The molecule has 0 bridgehead atoms. The Hall–Kier alpha value is -0.950. The summed E-state index contributed by atoms with van der Waals surface area (Å²) in [6.45, 7) is 3.92. The molecule has 1 saturated carbocycles. The SMILES string of the molecule is C=C[C@@H]1O[C@H]2CC[C@H](CC(=O)OC)O[C@@H]2[C@@H]2OC3(CCCCC3)OC12. The van der Waals surface area contributed by atoms with Gasteiger partial charge in [0.25, 0.3) is 0 Å². The van der Waals surface area contributed by atoms with E-state index in [4.69, 9.17) is 23.7 Å². The van der Waals surface area contributed by atoms with Gasteiger partial charge in [0.05, 0.1) is 25.7 Å². The first-order valence-corrected chi connectivity index (χ1v) is 9.50. The van der Waals surface area contributed by atoms with E-state index in [0.29, 0.717) is 0 Å². The Morgan fingerprint density at radius 3 is 2.60 bits per heavy atom. The minimum atomic E-state index is -0.494. The first-order valence-electron chi connectivity index (χ1n) is 9.50. The normalized spacial score (nSPS) is 42.4. The van der Waals surface area contributed by atoms with Crippen LogP contribution in [-0.4, -0.2) is 55.5 Å². The molecule has 0 aromatic heterocycles. The summed E-state index contributed by atoms with van der Waals surface area (Å²) in [5.41, 5.74) is 0. The van der Waals surface area contributed by atoms with E-state index in [1.54, 1.807) is 0 Å². The van der Waals surface area contributed by atoms with Crippen LogP contribution in [0.3, 0.4) is 0 Å². The smallest absolute Gasteiger partial charge is 0.308 e. The second kappa shape index (κ2) is 6.99. The maximum Gasteiger partial charge on any atom is 0.308 e. The van der Waals surface area contributed by atoms with Crippen LogP contribution in [0, 0.1) is 0 Å². The lowest BCUT2D eigenvalue weighted by Crippen LogP contribution is -2.59. The fourth-order valence-corrected chi connectivity index (χ4v) is 4.71. The number of hydrogen-bond acceptors (Lipinski definition) is 6. The molecule has 1 unspecified atom stereocenters. The number of hydrogen-bond donors (Lipinski definition) is 0. The van der Waals surface area contributed by atoms with E-state index in [1.807, 2.05) is 6.08 Å². The van der Waals surface area contributed by atoms with Crippen LogP contribution in [0.2, 0.25) is 0 Å². The Morgan fingerprint density at radius 1 is 1.12 bits per heavy atom. The molecule has 6 nitrogen and oxygen atoms in total. The van der Waals surface area contributed by atoms with Gasteiger partial charge in [0.15, 0.2) is 5.79 Å². The number of methoxy groups -OCH3 is 1. The fraction of sp³-hybridized carbons (Fsp3) is 0.842. The highest BCUT2D eigenvalue weighted by Gasteiger charge is 2.58. The molecule has 3 aliphatic heterocycles. The largest absolute Gasteiger partial charge is 0.469 e. The standard InChI is InChI=1S/C19H28O6/c1-3-13-17-18(25-19(24-17)9-5-4-6-10-19)16-14(23-13)8-7-12(22-16)11-15(20)21-2/h3,12-14,16-18H,1,4-11H2,2H3/t12-,13+,14+,16+,17?,18+/m1/s1. The van der Waals surface area contributed by atoms with Crippen molar-refractivity contribution in [2.24, 2.45) is 0 Å². The zero-order valence-corrected chi connectivity index (χ0v) is 14.9. The highest BCUT2D eigenvalue weighted by molar-refractivity contribution is 5.69. The van der Waals surface area contributed by atoms with Gasteiger partial charge in [-0.25, -0.2) is 0 Å². The van der Waals surface area contributed by atoms with Crippen molar-refractivity contribution in [1.82, 2.24) is 0 Å². The topological polar surface area (TPSA) is 63.2 Å². The van der Waals surface area contributed by atoms with E-state index < -0.39 is 5.79 Å². The van der Waals surface area contributed by atoms with Gasteiger partial charge in [0.2, 0.25) is 0 Å². The summed E-state index contributed by atoms with van der Waals surface area (Å²) >= 11 is 0. The molecule has 1 spiro atoms. The zero-order chi connectivity index (χ0) is 17.4. The van der Waals surface area contributed by atoms with Gasteiger partial charge in [0, 0.05) is 12.8 Å². The highest BCUT2D eigenvalue weighted by Crippen LogP contribution is 2.47. The summed E-state index contributed by atoms with van der Waals surface area (Å²) in [6.07, 6.45) is 8.12. The molecule has 3 heterocycles. The van der Waals surface area contributed by atoms with Crippen molar-refractivity contribution in [2.75, 3.05) is 7.11 Å². The third-order valence-electron chi connectivity index (χ3n) is 5.96. The van der Waals surface area contributed by atoms with Crippen LogP contribution in [0.15, 0.2) is 12.7 Å². The van der Waals surface area contributed by atoms with E-state index in [2.05, 4.69) is 6.58 Å². The number of esters is 1. The van der Waals surface area contributed by atoms with Gasteiger partial charge in [-0.2, -0.15) is 0 Å². The predicted molar refractivity (Wildman–Crippen MR) is 88.9 cm³/mol. The van der Waals surface area contributed by atoms with Gasteiger partial charge < -0.3 is 23.7 Å². The van der Waals surface area contributed by atoms with E-state index in [0.717, 1.165) is 38.5 Å². The van der Waals surface area contributed by atoms with Crippen LogP contribution < -0.4 is 0 Å². The summed E-state index contributed by atoms with van der Waals surface area (Å²) in [7, 11) is 1.41. The Labute approximate surface area is 148 Å². The molecule has 4 aliphatic rings. The average Bonchev–Trinajstić information content (AvgIpc) is 3.00. The quantitative estimate of drug-likeness (QED) is 0.574. The van der Waals surface area contributed by atoms with Gasteiger partial charge in [-0.3, -0.25) is 4.79 Å². The van der Waals surface area contributed by atoms with E-state index in [1.165, 1.54) is 13.5 Å². The number of rotatable bonds is 3. The molecule has 0 N–H and O–H groups in total. The molecule has 0 radical (unpaired) electrons. The summed E-state index contributed by atoms with van der Waals surface area (Å²) < 4.78 is 30.1. The van der Waals surface area contributed by atoms with Gasteiger partial charge in [-0.1, -0.05) is 12.5 Å². The Balaban J connectivity index is 1.51. The van der Waals surface area contributed by atoms with Crippen molar-refractivity contribution >= 4 is 5.97 Å². The Morgan fingerprint density at radius 2 is 1.88 bits per heavy atom. The molecule has 0 aromatic carbocycles. The molecule has 25 heavy (non-hydrogen) atoms. The number of carbonyl (C=O) groups is 1. The lowest BCUT2D eigenvalue weighted by Gasteiger charge is -2.45. The minimum absolute atomic E-state index is 0.0412. The average molecular weight is 352 g/mol. The molecule has 3 saturated heterocycles. The van der Waals surface area contributed by atoms with Gasteiger partial charge in [0.1, 0.15) is 24.4 Å². The molecule has 6 atom stereocenters. The molecule has 140 valence electrons. The maximum atomic E-state index is 11.6. The molecule has 0 aromatic rings. The molecular weight excluding hydrogens is 324 g/mol. The molecule has 4 fully saturated rings. The van der Waals surface area contributed by atoms with Crippen LogP contribution in [0.5, 0.6) is 0 Å². The lowest BCUT2D eigenvalue weighted by molar-refractivity contribution is -0.233. The summed E-state index contributed by atoms with van der Waals surface area (Å²) in [5.74, 6) is -0.737. The third kappa shape index (κ3) is 3.25. The van der Waals surface area contributed by atoms with Crippen LogP contribution in [0.25, 0.3) is 0 Å². The third-order valence-corrected chi connectivity index (χ3v) is 5.96. The van der Waals surface area contributed by atoms with Crippen molar-refractivity contribution in [2.45, 2.75) is 93.8 Å². The second-order valence-corrected chi connectivity index (χ2v) is 7.59. The van der Waals surface area contributed by atoms with Gasteiger partial charge in [-0.05, 0) is 25.7 Å². The zero-order valence-electron chi connectivity index (χ0n) is 14.9. The van der Waals surface area contributed by atoms with Crippen LogP contribution in [0.1, 0.15) is 51.4 Å².